The maximum absolute atomic E-state index is 13.8. The first-order chi connectivity index (χ1) is 16.9. The number of allylic oxidation sites excluding steroid dienone is 3. The first-order valence-electron chi connectivity index (χ1n) is 11.8. The molecule has 182 valence electrons. The molecular formula is C28H32N4OS2. The summed E-state index contributed by atoms with van der Waals surface area (Å²) in [5.74, 6) is 0.0226. The zero-order valence-corrected chi connectivity index (χ0v) is 22.6. The number of benzene rings is 2. The van der Waals surface area contributed by atoms with Gasteiger partial charge in [0.05, 0.1) is 17.1 Å². The number of likely N-dealkylation sites (N-methyl/N-ethyl adjacent to an activating group) is 1. The van der Waals surface area contributed by atoms with Gasteiger partial charge < -0.3 is 10.2 Å². The van der Waals surface area contributed by atoms with Crippen LogP contribution in [0.25, 0.3) is 4.91 Å². The van der Waals surface area contributed by atoms with Gasteiger partial charge in [0.15, 0.2) is 5.17 Å². The second-order valence-electron chi connectivity index (χ2n) is 8.61. The molecule has 0 bridgehead atoms. The quantitative estimate of drug-likeness (QED) is 0.471. The van der Waals surface area contributed by atoms with Crippen LogP contribution in [0, 0.1) is 0 Å². The fraction of sp³-hybridized carbons (Fsp3) is 0.286. The average Bonchev–Trinajstić information content (AvgIpc) is 3.16. The Morgan fingerprint density at radius 3 is 2.31 bits per heavy atom. The molecule has 0 radical (unpaired) electrons. The summed E-state index contributed by atoms with van der Waals surface area (Å²) in [5, 5.41) is 4.06. The number of carbonyl (C=O) groups is 1. The van der Waals surface area contributed by atoms with Gasteiger partial charge in [0.1, 0.15) is 0 Å². The van der Waals surface area contributed by atoms with Crippen LogP contribution in [0.15, 0.2) is 92.6 Å². The standard InChI is InChI=1S/C28H32N4OS2/c1-6-29-19(2)20(3)30-28-32(17-22-13-9-7-10-14-22)27(33)26(35-28)24-18-31(5)21(4)25(34-24)23-15-11-8-12-16-23/h7-16,29H,6,17-18H2,1-5H3/b20-19-,26-24-,30-28?. The van der Waals surface area contributed by atoms with Crippen molar-refractivity contribution in [1.82, 2.24) is 15.1 Å². The monoisotopic (exact) mass is 504 g/mol. The fourth-order valence-corrected chi connectivity index (χ4v) is 6.39. The molecule has 1 saturated heterocycles. The Morgan fingerprint density at radius 2 is 1.66 bits per heavy atom. The topological polar surface area (TPSA) is 47.9 Å². The number of hydrogen-bond donors (Lipinski definition) is 1. The van der Waals surface area contributed by atoms with Crippen molar-refractivity contribution in [3.05, 3.63) is 98.7 Å². The number of amides is 1. The average molecular weight is 505 g/mol. The van der Waals surface area contributed by atoms with Gasteiger partial charge in [0, 0.05) is 41.3 Å². The highest BCUT2D eigenvalue weighted by Gasteiger charge is 2.37. The first-order valence-corrected chi connectivity index (χ1v) is 13.4. The van der Waals surface area contributed by atoms with E-state index in [0.29, 0.717) is 13.1 Å². The summed E-state index contributed by atoms with van der Waals surface area (Å²) in [7, 11) is 2.09. The Bertz CT molecular complexity index is 1220. The van der Waals surface area contributed by atoms with Crippen molar-refractivity contribution in [2.24, 2.45) is 4.99 Å². The molecule has 0 unspecified atom stereocenters. The fourth-order valence-electron chi connectivity index (χ4n) is 3.90. The van der Waals surface area contributed by atoms with Gasteiger partial charge in [0.2, 0.25) is 0 Å². The molecule has 0 aromatic heterocycles. The lowest BCUT2D eigenvalue weighted by atomic mass is 10.2. The minimum absolute atomic E-state index is 0.0226. The summed E-state index contributed by atoms with van der Waals surface area (Å²) in [4.78, 5) is 25.8. The molecule has 0 saturated carbocycles. The molecule has 1 N–H and O–H groups in total. The van der Waals surface area contributed by atoms with E-state index in [1.54, 1.807) is 11.8 Å². The van der Waals surface area contributed by atoms with E-state index in [4.69, 9.17) is 4.99 Å². The largest absolute Gasteiger partial charge is 0.387 e. The van der Waals surface area contributed by atoms with E-state index in [0.717, 1.165) is 38.5 Å². The van der Waals surface area contributed by atoms with Crippen molar-refractivity contribution in [1.29, 1.82) is 0 Å². The molecule has 35 heavy (non-hydrogen) atoms. The zero-order chi connectivity index (χ0) is 24.9. The van der Waals surface area contributed by atoms with E-state index < -0.39 is 0 Å². The van der Waals surface area contributed by atoms with Gasteiger partial charge in [-0.2, -0.15) is 0 Å². The summed E-state index contributed by atoms with van der Waals surface area (Å²) in [6.07, 6.45) is 0. The van der Waals surface area contributed by atoms with E-state index in [9.17, 15) is 4.79 Å². The van der Waals surface area contributed by atoms with Gasteiger partial charge in [0.25, 0.3) is 5.91 Å². The molecule has 7 heteroatoms. The normalized spacial score (nSPS) is 20.6. The van der Waals surface area contributed by atoms with Gasteiger partial charge in [-0.25, -0.2) is 4.99 Å². The van der Waals surface area contributed by atoms with Crippen molar-refractivity contribution in [2.75, 3.05) is 20.1 Å². The van der Waals surface area contributed by atoms with Crippen molar-refractivity contribution in [2.45, 2.75) is 34.2 Å². The Labute approximate surface area is 217 Å². The molecule has 2 aliphatic rings. The number of carbonyl (C=O) groups excluding carboxylic acids is 1. The molecule has 2 aromatic carbocycles. The molecule has 0 atom stereocenters. The Balaban J connectivity index is 1.74. The number of nitrogens with one attached hydrogen (secondary N) is 1. The SMILES string of the molecule is CCN/C(C)=C(/C)N=C1S/C(=C2/CN(C)C(C)=C(c3ccccc3)S2)C(=O)N1Cc1ccccc1. The minimum Gasteiger partial charge on any atom is -0.387 e. The van der Waals surface area contributed by atoms with Crippen LogP contribution in [-0.4, -0.2) is 41.0 Å². The first kappa shape index (κ1) is 25.2. The molecule has 0 spiro atoms. The van der Waals surface area contributed by atoms with Crippen LogP contribution in [0.3, 0.4) is 0 Å². The van der Waals surface area contributed by atoms with Gasteiger partial charge in [-0.15, -0.1) is 0 Å². The van der Waals surface area contributed by atoms with Crippen LogP contribution >= 0.6 is 23.5 Å². The van der Waals surface area contributed by atoms with Gasteiger partial charge >= 0.3 is 0 Å². The summed E-state index contributed by atoms with van der Waals surface area (Å²) in [5.41, 5.74) is 5.38. The van der Waals surface area contributed by atoms with Crippen LogP contribution in [-0.2, 0) is 11.3 Å². The summed E-state index contributed by atoms with van der Waals surface area (Å²) < 4.78 is 0. The summed E-state index contributed by atoms with van der Waals surface area (Å²) in [6, 6.07) is 20.5. The van der Waals surface area contributed by atoms with Crippen molar-refractivity contribution in [3.8, 4) is 0 Å². The third-order valence-corrected chi connectivity index (χ3v) is 8.66. The Kier molecular flexibility index (Phi) is 8.08. The van der Waals surface area contributed by atoms with E-state index in [2.05, 4.69) is 67.5 Å². The maximum Gasteiger partial charge on any atom is 0.267 e. The highest BCUT2D eigenvalue weighted by molar-refractivity contribution is 8.20. The molecule has 1 amide bonds. The number of thioether (sulfide) groups is 2. The van der Waals surface area contributed by atoms with Crippen LogP contribution < -0.4 is 5.32 Å². The van der Waals surface area contributed by atoms with Crippen LogP contribution in [0.1, 0.15) is 38.8 Å². The van der Waals surface area contributed by atoms with E-state index in [1.165, 1.54) is 27.9 Å². The summed E-state index contributed by atoms with van der Waals surface area (Å²) in [6.45, 7) is 10.3. The zero-order valence-electron chi connectivity index (χ0n) is 21.0. The molecule has 2 heterocycles. The maximum atomic E-state index is 13.8. The van der Waals surface area contributed by atoms with Gasteiger partial charge in [-0.05, 0) is 50.6 Å². The van der Waals surface area contributed by atoms with Crippen molar-refractivity contribution < 1.29 is 4.79 Å². The lowest BCUT2D eigenvalue weighted by Gasteiger charge is -2.30. The lowest BCUT2D eigenvalue weighted by Crippen LogP contribution is -2.30. The Morgan fingerprint density at radius 1 is 1.00 bits per heavy atom. The minimum atomic E-state index is 0.0226. The Hall–Kier alpha value is -2.90. The van der Waals surface area contributed by atoms with E-state index >= 15 is 0 Å². The number of nitrogens with zero attached hydrogens (tertiary/aromatic N) is 3. The van der Waals surface area contributed by atoms with Crippen LogP contribution in [0.5, 0.6) is 0 Å². The van der Waals surface area contributed by atoms with Gasteiger partial charge in [-0.3, -0.25) is 9.69 Å². The van der Waals surface area contributed by atoms with E-state index in [-0.39, 0.29) is 5.91 Å². The molecule has 2 aromatic rings. The van der Waals surface area contributed by atoms with Crippen LogP contribution in [0.4, 0.5) is 0 Å². The second kappa shape index (κ2) is 11.2. The summed E-state index contributed by atoms with van der Waals surface area (Å²) >= 11 is 3.20. The molecular weight excluding hydrogens is 472 g/mol. The lowest BCUT2D eigenvalue weighted by molar-refractivity contribution is -0.122. The number of amidine groups is 1. The van der Waals surface area contributed by atoms with Crippen molar-refractivity contribution >= 4 is 39.5 Å². The molecule has 5 nitrogen and oxygen atoms in total. The smallest absolute Gasteiger partial charge is 0.267 e. The van der Waals surface area contributed by atoms with Crippen LogP contribution in [0.2, 0.25) is 0 Å². The molecule has 4 rings (SSSR count). The number of aliphatic imine (C=N–C) groups is 1. The number of hydrogen-bond acceptors (Lipinski definition) is 6. The number of rotatable bonds is 6. The molecule has 2 aliphatic heterocycles. The highest BCUT2D eigenvalue weighted by Crippen LogP contribution is 2.47. The predicted molar refractivity (Wildman–Crippen MR) is 150 cm³/mol. The van der Waals surface area contributed by atoms with Crippen molar-refractivity contribution in [3.63, 3.8) is 0 Å². The predicted octanol–water partition coefficient (Wildman–Crippen LogP) is 6.26. The highest BCUT2D eigenvalue weighted by atomic mass is 32.2. The van der Waals surface area contributed by atoms with Gasteiger partial charge in [-0.1, -0.05) is 72.4 Å². The second-order valence-corrected chi connectivity index (χ2v) is 10.7. The third-order valence-electron chi connectivity index (χ3n) is 6.09. The third kappa shape index (κ3) is 5.68. The molecule has 1 fully saturated rings. The molecule has 0 aliphatic carbocycles. The van der Waals surface area contributed by atoms with E-state index in [1.807, 2.05) is 43.0 Å².